The molecule has 0 aromatic carbocycles. The zero-order valence-corrected chi connectivity index (χ0v) is 11.6. The van der Waals surface area contributed by atoms with Crippen LogP contribution >= 0.6 is 0 Å². The molecule has 0 aliphatic heterocycles. The van der Waals surface area contributed by atoms with Crippen LogP contribution in [0.25, 0.3) is 0 Å². The van der Waals surface area contributed by atoms with Gasteiger partial charge in [0.25, 0.3) is 5.91 Å². The van der Waals surface area contributed by atoms with E-state index in [1.54, 1.807) is 0 Å². The first-order chi connectivity index (χ1) is 9.66. The lowest BCUT2D eigenvalue weighted by atomic mass is 9.87. The summed E-state index contributed by atoms with van der Waals surface area (Å²) in [4.78, 5) is 26.7. The molecule has 2 amide bonds. The minimum Gasteiger partial charge on any atom is -0.366 e. The molecule has 5 heteroatoms. The Labute approximate surface area is 119 Å². The highest BCUT2D eigenvalue weighted by atomic mass is 16.2. The van der Waals surface area contributed by atoms with Gasteiger partial charge in [-0.1, -0.05) is 32.1 Å². The molecule has 108 valence electrons. The Balaban J connectivity index is 1.77. The van der Waals surface area contributed by atoms with Gasteiger partial charge in [0.2, 0.25) is 5.91 Å². The van der Waals surface area contributed by atoms with E-state index in [0.29, 0.717) is 17.8 Å². The van der Waals surface area contributed by atoms with E-state index in [1.165, 1.54) is 50.4 Å². The van der Waals surface area contributed by atoms with E-state index < -0.39 is 5.91 Å². The first kappa shape index (κ1) is 14.5. The molecule has 0 radical (unpaired) electrons. The smallest absolute Gasteiger partial charge is 0.269 e. The fourth-order valence-corrected chi connectivity index (χ4v) is 2.63. The summed E-state index contributed by atoms with van der Waals surface area (Å²) in [6.45, 7) is 0.683. The molecule has 1 aromatic rings. The molecule has 1 heterocycles. The number of pyridine rings is 1. The Morgan fingerprint density at radius 1 is 1.25 bits per heavy atom. The van der Waals surface area contributed by atoms with Gasteiger partial charge >= 0.3 is 0 Å². The molecule has 3 N–H and O–H groups in total. The van der Waals surface area contributed by atoms with E-state index in [1.807, 2.05) is 0 Å². The van der Waals surface area contributed by atoms with Gasteiger partial charge in [0, 0.05) is 12.7 Å². The van der Waals surface area contributed by atoms with Crippen molar-refractivity contribution in [2.45, 2.75) is 38.5 Å². The van der Waals surface area contributed by atoms with Gasteiger partial charge < -0.3 is 11.1 Å². The van der Waals surface area contributed by atoms with E-state index in [4.69, 9.17) is 5.73 Å². The van der Waals surface area contributed by atoms with Crippen LogP contribution in [0, 0.1) is 5.92 Å². The maximum atomic E-state index is 11.9. The Morgan fingerprint density at radius 3 is 2.60 bits per heavy atom. The normalized spacial score (nSPS) is 15.8. The summed E-state index contributed by atoms with van der Waals surface area (Å²) in [6, 6.07) is 3.04. The van der Waals surface area contributed by atoms with Crippen molar-refractivity contribution in [2.24, 2.45) is 11.7 Å². The van der Waals surface area contributed by atoms with Crippen molar-refractivity contribution in [1.82, 2.24) is 10.3 Å². The lowest BCUT2D eigenvalue weighted by Gasteiger charge is -2.21. The van der Waals surface area contributed by atoms with Crippen LogP contribution in [0.2, 0.25) is 0 Å². The van der Waals surface area contributed by atoms with Gasteiger partial charge in [-0.25, -0.2) is 0 Å². The number of nitrogens with zero attached hydrogens (tertiary/aromatic N) is 1. The summed E-state index contributed by atoms with van der Waals surface area (Å²) in [7, 11) is 0. The molecule has 1 saturated carbocycles. The highest BCUT2D eigenvalue weighted by molar-refractivity contribution is 5.95. The monoisotopic (exact) mass is 275 g/mol. The number of rotatable bonds is 5. The molecule has 0 saturated heterocycles. The van der Waals surface area contributed by atoms with Crippen LogP contribution in [-0.2, 0) is 0 Å². The van der Waals surface area contributed by atoms with Crippen LogP contribution in [0.5, 0.6) is 0 Å². The van der Waals surface area contributed by atoms with Gasteiger partial charge in [0.05, 0.1) is 5.56 Å². The molecule has 5 nitrogen and oxygen atoms in total. The zero-order valence-electron chi connectivity index (χ0n) is 11.6. The standard InChI is InChI=1S/C15H21N3O2/c16-14(19)12-6-7-13(18-10-12)15(20)17-9-8-11-4-2-1-3-5-11/h6-7,10-11H,1-5,8-9H2,(H2,16,19)(H,17,20). The van der Waals surface area contributed by atoms with Crippen LogP contribution in [-0.4, -0.2) is 23.3 Å². The zero-order chi connectivity index (χ0) is 14.4. The lowest BCUT2D eigenvalue weighted by molar-refractivity contribution is 0.0942. The number of amides is 2. The second-order valence-corrected chi connectivity index (χ2v) is 5.34. The summed E-state index contributed by atoms with van der Waals surface area (Å²) in [5.41, 5.74) is 5.75. The number of hydrogen-bond donors (Lipinski definition) is 2. The molecule has 1 aliphatic rings. The lowest BCUT2D eigenvalue weighted by Crippen LogP contribution is -2.27. The van der Waals surface area contributed by atoms with Crippen molar-refractivity contribution >= 4 is 11.8 Å². The molecular weight excluding hydrogens is 254 g/mol. The third kappa shape index (κ3) is 4.05. The van der Waals surface area contributed by atoms with Crippen LogP contribution in [0.15, 0.2) is 18.3 Å². The quantitative estimate of drug-likeness (QED) is 0.860. The van der Waals surface area contributed by atoms with Crippen molar-refractivity contribution in [3.63, 3.8) is 0 Å². The number of primary amides is 1. The molecule has 0 atom stereocenters. The van der Waals surface area contributed by atoms with Gasteiger partial charge in [-0.2, -0.15) is 0 Å². The number of carbonyl (C=O) groups excluding carboxylic acids is 2. The predicted octanol–water partition coefficient (Wildman–Crippen LogP) is 1.88. The van der Waals surface area contributed by atoms with Crippen LogP contribution in [0.4, 0.5) is 0 Å². The SMILES string of the molecule is NC(=O)c1ccc(C(=O)NCCC2CCCCC2)nc1. The van der Waals surface area contributed by atoms with Crippen molar-refractivity contribution in [3.05, 3.63) is 29.6 Å². The summed E-state index contributed by atoms with van der Waals surface area (Å²) in [5.74, 6) is 0.00725. The third-order valence-corrected chi connectivity index (χ3v) is 3.84. The van der Waals surface area contributed by atoms with E-state index in [-0.39, 0.29) is 5.91 Å². The molecule has 1 aromatic heterocycles. The molecule has 1 fully saturated rings. The largest absolute Gasteiger partial charge is 0.366 e. The van der Waals surface area contributed by atoms with Crippen LogP contribution in [0.1, 0.15) is 59.4 Å². The summed E-state index contributed by atoms with van der Waals surface area (Å²) in [6.07, 6.45) is 8.90. The van der Waals surface area contributed by atoms with E-state index >= 15 is 0 Å². The number of nitrogens with two attached hydrogens (primary N) is 1. The summed E-state index contributed by atoms with van der Waals surface area (Å²) in [5, 5.41) is 2.88. The van der Waals surface area contributed by atoms with E-state index in [9.17, 15) is 9.59 Å². The number of hydrogen-bond acceptors (Lipinski definition) is 3. The molecule has 20 heavy (non-hydrogen) atoms. The van der Waals surface area contributed by atoms with Gasteiger partial charge in [0.1, 0.15) is 5.69 Å². The maximum Gasteiger partial charge on any atom is 0.269 e. The Morgan fingerprint density at radius 2 is 2.00 bits per heavy atom. The molecule has 0 bridgehead atoms. The average molecular weight is 275 g/mol. The molecule has 0 unspecified atom stereocenters. The molecular formula is C15H21N3O2. The maximum absolute atomic E-state index is 11.9. The van der Waals surface area contributed by atoms with Gasteiger partial charge in [0.15, 0.2) is 0 Å². The van der Waals surface area contributed by atoms with Crippen LogP contribution in [0.3, 0.4) is 0 Å². The van der Waals surface area contributed by atoms with Crippen LogP contribution < -0.4 is 11.1 Å². The second-order valence-electron chi connectivity index (χ2n) is 5.34. The highest BCUT2D eigenvalue weighted by Gasteiger charge is 2.14. The van der Waals surface area contributed by atoms with Crippen molar-refractivity contribution in [2.75, 3.05) is 6.54 Å². The number of nitrogens with one attached hydrogen (secondary N) is 1. The third-order valence-electron chi connectivity index (χ3n) is 3.84. The average Bonchev–Trinajstić information content (AvgIpc) is 2.48. The van der Waals surface area contributed by atoms with Crippen molar-refractivity contribution in [1.29, 1.82) is 0 Å². The first-order valence-electron chi connectivity index (χ1n) is 7.21. The van der Waals surface area contributed by atoms with Gasteiger partial charge in [-0.15, -0.1) is 0 Å². The predicted molar refractivity (Wildman–Crippen MR) is 76.3 cm³/mol. The van der Waals surface area contributed by atoms with Crippen molar-refractivity contribution in [3.8, 4) is 0 Å². The van der Waals surface area contributed by atoms with Gasteiger partial charge in [-0.3, -0.25) is 14.6 Å². The van der Waals surface area contributed by atoms with E-state index in [0.717, 1.165) is 12.3 Å². The number of aromatic nitrogens is 1. The van der Waals surface area contributed by atoms with Crippen molar-refractivity contribution < 1.29 is 9.59 Å². The van der Waals surface area contributed by atoms with E-state index in [2.05, 4.69) is 10.3 Å². The summed E-state index contributed by atoms with van der Waals surface area (Å²) >= 11 is 0. The molecule has 0 spiro atoms. The fraction of sp³-hybridized carbons (Fsp3) is 0.533. The first-order valence-corrected chi connectivity index (χ1v) is 7.21. The Kier molecular flexibility index (Phi) is 5.09. The minimum atomic E-state index is -0.540. The topological polar surface area (TPSA) is 85.1 Å². The highest BCUT2D eigenvalue weighted by Crippen LogP contribution is 2.25. The minimum absolute atomic E-state index is 0.197. The number of carbonyl (C=O) groups is 2. The fourth-order valence-electron chi connectivity index (χ4n) is 2.63. The Bertz CT molecular complexity index is 465. The summed E-state index contributed by atoms with van der Waals surface area (Å²) < 4.78 is 0. The second kappa shape index (κ2) is 7.03. The molecule has 2 rings (SSSR count). The van der Waals surface area contributed by atoms with Gasteiger partial charge in [-0.05, 0) is 24.5 Å². The molecule has 1 aliphatic carbocycles. The Hall–Kier alpha value is -1.91.